The van der Waals surface area contributed by atoms with Gasteiger partial charge in [-0.05, 0) is 29.8 Å². The molecule has 0 amide bonds. The molecule has 2 N–H and O–H groups in total. The fraction of sp³-hybridized carbons (Fsp3) is 0.0400. The van der Waals surface area contributed by atoms with Crippen molar-refractivity contribution >= 4 is 37.6 Å². The minimum Gasteiger partial charge on any atom is -0.477 e. The SMILES string of the molecule is O=C(O)c1cc2c([nH]c3ccccc32)c(-c2ccc(S(=O)(=O)Cc3ccccc3)cc2)n1. The van der Waals surface area contributed by atoms with Gasteiger partial charge in [0.25, 0.3) is 0 Å². The number of carbonyl (C=O) groups is 1. The van der Waals surface area contributed by atoms with E-state index in [0.29, 0.717) is 22.3 Å². The van der Waals surface area contributed by atoms with Crippen molar-refractivity contribution in [2.24, 2.45) is 0 Å². The fourth-order valence-corrected chi connectivity index (χ4v) is 5.21. The van der Waals surface area contributed by atoms with Gasteiger partial charge >= 0.3 is 5.97 Å². The topological polar surface area (TPSA) is 100 Å². The number of aromatic carboxylic acids is 1. The van der Waals surface area contributed by atoms with Crippen molar-refractivity contribution in [3.05, 3.63) is 96.2 Å². The number of para-hydroxylation sites is 1. The summed E-state index contributed by atoms with van der Waals surface area (Å²) in [4.78, 5) is 19.6. The van der Waals surface area contributed by atoms with E-state index in [9.17, 15) is 18.3 Å². The molecule has 0 saturated heterocycles. The third-order valence-electron chi connectivity index (χ3n) is 5.40. The second-order valence-electron chi connectivity index (χ2n) is 7.52. The van der Waals surface area contributed by atoms with Crippen LogP contribution in [0.4, 0.5) is 0 Å². The molecule has 0 aliphatic carbocycles. The molecule has 0 aliphatic rings. The molecule has 3 aromatic carbocycles. The number of carboxylic acids is 1. The van der Waals surface area contributed by atoms with E-state index in [4.69, 9.17) is 0 Å². The largest absolute Gasteiger partial charge is 0.477 e. The highest BCUT2D eigenvalue weighted by Gasteiger charge is 2.19. The molecule has 7 heteroatoms. The summed E-state index contributed by atoms with van der Waals surface area (Å²) in [6.45, 7) is 0. The van der Waals surface area contributed by atoms with Crippen LogP contribution in [0, 0.1) is 0 Å². The van der Waals surface area contributed by atoms with E-state index in [2.05, 4.69) is 9.97 Å². The summed E-state index contributed by atoms with van der Waals surface area (Å²) < 4.78 is 25.6. The van der Waals surface area contributed by atoms with Gasteiger partial charge in [-0.3, -0.25) is 0 Å². The van der Waals surface area contributed by atoms with Crippen LogP contribution in [-0.2, 0) is 15.6 Å². The van der Waals surface area contributed by atoms with E-state index in [-0.39, 0.29) is 16.3 Å². The Labute approximate surface area is 184 Å². The van der Waals surface area contributed by atoms with Crippen LogP contribution >= 0.6 is 0 Å². The van der Waals surface area contributed by atoms with Crippen LogP contribution < -0.4 is 0 Å². The summed E-state index contributed by atoms with van der Waals surface area (Å²) >= 11 is 0. The van der Waals surface area contributed by atoms with Gasteiger partial charge in [-0.1, -0.05) is 60.7 Å². The average Bonchev–Trinajstić information content (AvgIpc) is 3.17. The molecule has 158 valence electrons. The van der Waals surface area contributed by atoms with Gasteiger partial charge in [-0.25, -0.2) is 18.2 Å². The third kappa shape index (κ3) is 3.52. The number of H-pyrrole nitrogens is 1. The van der Waals surface area contributed by atoms with Crippen molar-refractivity contribution < 1.29 is 18.3 Å². The lowest BCUT2D eigenvalue weighted by Crippen LogP contribution is -2.05. The molecule has 0 unspecified atom stereocenters. The lowest BCUT2D eigenvalue weighted by molar-refractivity contribution is 0.0691. The average molecular weight is 442 g/mol. The number of hydrogen-bond acceptors (Lipinski definition) is 4. The standard InChI is InChI=1S/C25H18N2O4S/c28-25(29)22-14-20-19-8-4-5-9-21(19)26-24(20)23(27-22)17-10-12-18(13-11-17)32(30,31)15-16-6-2-1-3-7-16/h1-14,26H,15H2,(H,28,29). The Morgan fingerprint density at radius 2 is 1.56 bits per heavy atom. The number of nitrogens with one attached hydrogen (secondary N) is 1. The molecular weight excluding hydrogens is 424 g/mol. The van der Waals surface area contributed by atoms with Gasteiger partial charge in [0.2, 0.25) is 0 Å². The number of benzene rings is 3. The zero-order valence-electron chi connectivity index (χ0n) is 16.8. The molecule has 5 rings (SSSR count). The molecule has 2 heterocycles. The number of aromatic amines is 1. The molecule has 0 atom stereocenters. The van der Waals surface area contributed by atoms with E-state index >= 15 is 0 Å². The first-order chi connectivity index (χ1) is 15.4. The first kappa shape index (κ1) is 20.0. The van der Waals surface area contributed by atoms with E-state index < -0.39 is 15.8 Å². The lowest BCUT2D eigenvalue weighted by atomic mass is 10.1. The molecule has 0 spiro atoms. The van der Waals surface area contributed by atoms with E-state index in [0.717, 1.165) is 16.3 Å². The second-order valence-corrected chi connectivity index (χ2v) is 9.51. The van der Waals surface area contributed by atoms with Crippen molar-refractivity contribution in [1.82, 2.24) is 9.97 Å². The van der Waals surface area contributed by atoms with Gasteiger partial charge in [0.05, 0.1) is 21.9 Å². The molecule has 32 heavy (non-hydrogen) atoms. The maximum Gasteiger partial charge on any atom is 0.354 e. The van der Waals surface area contributed by atoms with Crippen molar-refractivity contribution in [3.63, 3.8) is 0 Å². The van der Waals surface area contributed by atoms with Crippen LogP contribution in [0.5, 0.6) is 0 Å². The number of nitrogens with zero attached hydrogens (tertiary/aromatic N) is 1. The van der Waals surface area contributed by atoms with E-state index in [1.165, 1.54) is 12.1 Å². The van der Waals surface area contributed by atoms with E-state index in [1.807, 2.05) is 30.3 Å². The molecule has 0 saturated carbocycles. The Balaban J connectivity index is 1.60. The van der Waals surface area contributed by atoms with Crippen molar-refractivity contribution in [2.75, 3.05) is 0 Å². The molecule has 2 aromatic heterocycles. The molecule has 0 aliphatic heterocycles. The number of aromatic nitrogens is 2. The molecule has 0 bridgehead atoms. The van der Waals surface area contributed by atoms with Crippen molar-refractivity contribution in [1.29, 1.82) is 0 Å². The third-order valence-corrected chi connectivity index (χ3v) is 7.11. The maximum absolute atomic E-state index is 12.8. The van der Waals surface area contributed by atoms with Crippen molar-refractivity contribution in [2.45, 2.75) is 10.6 Å². The number of carboxylic acid groups (broad SMARTS) is 1. The molecule has 0 fully saturated rings. The first-order valence-corrected chi connectivity index (χ1v) is 11.6. The predicted octanol–water partition coefficient (Wildman–Crippen LogP) is 5.06. The Hall–Kier alpha value is -3.97. The quantitative estimate of drug-likeness (QED) is 0.396. The molecule has 5 aromatic rings. The Kier molecular flexibility index (Phi) is 4.75. The van der Waals surface area contributed by atoms with Gasteiger partial charge in [0, 0.05) is 21.9 Å². The minimum atomic E-state index is -3.52. The van der Waals surface area contributed by atoms with Gasteiger partial charge < -0.3 is 10.1 Å². The Bertz CT molecular complexity index is 1570. The van der Waals surface area contributed by atoms with Crippen LogP contribution in [-0.4, -0.2) is 29.5 Å². The Morgan fingerprint density at radius 1 is 0.875 bits per heavy atom. The summed E-state index contributed by atoms with van der Waals surface area (Å²) in [5.41, 5.74) is 3.31. The van der Waals surface area contributed by atoms with Gasteiger partial charge in [0.15, 0.2) is 9.84 Å². The molecule has 0 radical (unpaired) electrons. The Morgan fingerprint density at radius 3 is 2.28 bits per heavy atom. The normalized spacial score (nSPS) is 11.8. The maximum atomic E-state index is 12.8. The van der Waals surface area contributed by atoms with E-state index in [1.54, 1.807) is 42.5 Å². The van der Waals surface area contributed by atoms with Gasteiger partial charge in [0.1, 0.15) is 5.69 Å². The monoisotopic (exact) mass is 442 g/mol. The summed E-state index contributed by atoms with van der Waals surface area (Å²) in [6.07, 6.45) is 0. The van der Waals surface area contributed by atoms with Crippen LogP contribution in [0.3, 0.4) is 0 Å². The lowest BCUT2D eigenvalue weighted by Gasteiger charge is -2.08. The second kappa shape index (κ2) is 7.62. The van der Waals surface area contributed by atoms with Crippen molar-refractivity contribution in [3.8, 4) is 11.3 Å². The predicted molar refractivity (Wildman–Crippen MR) is 123 cm³/mol. The highest BCUT2D eigenvalue weighted by Crippen LogP contribution is 2.33. The number of rotatable bonds is 5. The smallest absolute Gasteiger partial charge is 0.354 e. The number of hydrogen-bond donors (Lipinski definition) is 2. The van der Waals surface area contributed by atoms with Crippen LogP contribution in [0.2, 0.25) is 0 Å². The summed E-state index contributed by atoms with van der Waals surface area (Å²) in [6, 6.07) is 24.6. The van der Waals surface area contributed by atoms with Gasteiger partial charge in [-0.15, -0.1) is 0 Å². The number of pyridine rings is 1. The zero-order chi connectivity index (χ0) is 22.3. The summed E-state index contributed by atoms with van der Waals surface area (Å²) in [5.74, 6) is -1.22. The first-order valence-electron chi connectivity index (χ1n) is 9.94. The highest BCUT2D eigenvalue weighted by molar-refractivity contribution is 7.90. The minimum absolute atomic E-state index is 0.0713. The number of sulfone groups is 1. The van der Waals surface area contributed by atoms with Crippen LogP contribution in [0.25, 0.3) is 33.1 Å². The summed E-state index contributed by atoms with van der Waals surface area (Å²) in [7, 11) is -3.52. The van der Waals surface area contributed by atoms with Gasteiger partial charge in [-0.2, -0.15) is 0 Å². The highest BCUT2D eigenvalue weighted by atomic mass is 32.2. The van der Waals surface area contributed by atoms with Crippen LogP contribution in [0.1, 0.15) is 16.1 Å². The molecular formula is C25H18N2O4S. The fourth-order valence-electron chi connectivity index (χ4n) is 3.86. The number of fused-ring (bicyclic) bond motifs is 3. The summed E-state index contributed by atoms with van der Waals surface area (Å²) in [5, 5.41) is 11.2. The van der Waals surface area contributed by atoms with Crippen LogP contribution in [0.15, 0.2) is 89.8 Å². The zero-order valence-corrected chi connectivity index (χ0v) is 17.6. The molecule has 6 nitrogen and oxygen atoms in total.